The average molecular weight is 284 g/mol. The van der Waals surface area contributed by atoms with Crippen molar-refractivity contribution >= 4 is 11.6 Å². The monoisotopic (exact) mass is 284 g/mol. The number of hydrogen-bond donors (Lipinski definition) is 2. The molecule has 0 saturated heterocycles. The fraction of sp³-hybridized carbons (Fsp3) is 0.353. The quantitative estimate of drug-likeness (QED) is 0.886. The van der Waals surface area contributed by atoms with Crippen molar-refractivity contribution in [1.82, 2.24) is 5.32 Å². The van der Waals surface area contributed by atoms with Crippen molar-refractivity contribution in [3.05, 3.63) is 53.5 Å². The largest absolute Gasteiger partial charge is 0.467 e. The number of hydrogen-bond acceptors (Lipinski definition) is 3. The smallest absolute Gasteiger partial charge is 0.224 e. The molecule has 1 unspecified atom stereocenters. The summed E-state index contributed by atoms with van der Waals surface area (Å²) in [6, 6.07) is 10.2. The molecule has 0 spiro atoms. The first-order chi connectivity index (χ1) is 10.3. The van der Waals surface area contributed by atoms with Crippen LogP contribution < -0.4 is 10.6 Å². The molecule has 21 heavy (non-hydrogen) atoms. The topological polar surface area (TPSA) is 54.3 Å². The van der Waals surface area contributed by atoms with E-state index in [1.807, 2.05) is 18.2 Å². The first-order valence-electron chi connectivity index (χ1n) is 7.47. The molecule has 0 saturated carbocycles. The summed E-state index contributed by atoms with van der Waals surface area (Å²) in [6.07, 6.45) is 4.13. The summed E-state index contributed by atoms with van der Waals surface area (Å²) in [5, 5.41) is 6.44. The van der Waals surface area contributed by atoms with Crippen molar-refractivity contribution in [1.29, 1.82) is 0 Å². The highest BCUT2D eigenvalue weighted by Gasteiger charge is 2.20. The minimum absolute atomic E-state index is 0.0582. The van der Waals surface area contributed by atoms with Crippen LogP contribution in [0.5, 0.6) is 0 Å². The van der Waals surface area contributed by atoms with Gasteiger partial charge in [-0.2, -0.15) is 0 Å². The standard InChI is InChI=1S/C17H20N2O2/c1-2-9-18-17(15-4-3-10-21-15)13-5-7-14-12(11-13)6-8-16(20)19-14/h3-5,7,10-11,17-18H,2,6,8-9H2,1H3,(H,19,20). The zero-order valence-electron chi connectivity index (χ0n) is 12.2. The average Bonchev–Trinajstić information content (AvgIpc) is 3.02. The first kappa shape index (κ1) is 13.9. The second-order valence-corrected chi connectivity index (χ2v) is 5.37. The van der Waals surface area contributed by atoms with Crippen molar-refractivity contribution in [2.24, 2.45) is 0 Å². The second-order valence-electron chi connectivity index (χ2n) is 5.37. The van der Waals surface area contributed by atoms with Gasteiger partial charge in [-0.25, -0.2) is 0 Å². The van der Waals surface area contributed by atoms with E-state index in [1.165, 1.54) is 11.1 Å². The molecule has 4 heteroatoms. The van der Waals surface area contributed by atoms with Gasteiger partial charge in [0.2, 0.25) is 5.91 Å². The minimum Gasteiger partial charge on any atom is -0.467 e. The molecule has 3 rings (SSSR count). The molecular weight excluding hydrogens is 264 g/mol. The fourth-order valence-corrected chi connectivity index (χ4v) is 2.71. The number of amides is 1. The number of fused-ring (bicyclic) bond motifs is 1. The van der Waals surface area contributed by atoms with Crippen LogP contribution in [0.4, 0.5) is 5.69 Å². The highest BCUT2D eigenvalue weighted by Crippen LogP contribution is 2.29. The van der Waals surface area contributed by atoms with Crippen LogP contribution in [0.1, 0.15) is 42.7 Å². The summed E-state index contributed by atoms with van der Waals surface area (Å²) >= 11 is 0. The Hall–Kier alpha value is -2.07. The Balaban J connectivity index is 1.90. The summed E-state index contributed by atoms with van der Waals surface area (Å²) < 4.78 is 5.58. The van der Waals surface area contributed by atoms with Crippen molar-refractivity contribution in [3.8, 4) is 0 Å². The molecule has 0 aliphatic carbocycles. The van der Waals surface area contributed by atoms with Crippen LogP contribution in [0, 0.1) is 0 Å². The van der Waals surface area contributed by atoms with Gasteiger partial charge in [-0.15, -0.1) is 0 Å². The molecule has 2 heterocycles. The number of carbonyl (C=O) groups excluding carboxylic acids is 1. The molecule has 0 bridgehead atoms. The summed E-state index contributed by atoms with van der Waals surface area (Å²) in [6.45, 7) is 3.08. The fourth-order valence-electron chi connectivity index (χ4n) is 2.71. The molecule has 0 fully saturated rings. The highest BCUT2D eigenvalue weighted by atomic mass is 16.3. The summed E-state index contributed by atoms with van der Waals surface area (Å²) in [5.74, 6) is 1.02. The van der Waals surface area contributed by atoms with Gasteiger partial charge >= 0.3 is 0 Å². The Morgan fingerprint density at radius 3 is 3.00 bits per heavy atom. The normalized spacial score (nSPS) is 15.4. The lowest BCUT2D eigenvalue weighted by molar-refractivity contribution is -0.116. The third-order valence-electron chi connectivity index (χ3n) is 3.78. The Bertz CT molecular complexity index is 620. The molecule has 1 aromatic heterocycles. The van der Waals surface area contributed by atoms with E-state index in [0.717, 1.165) is 30.8 Å². The van der Waals surface area contributed by atoms with Gasteiger partial charge in [0.1, 0.15) is 5.76 Å². The van der Waals surface area contributed by atoms with Crippen molar-refractivity contribution in [2.45, 2.75) is 32.2 Å². The Morgan fingerprint density at radius 2 is 2.24 bits per heavy atom. The van der Waals surface area contributed by atoms with E-state index in [2.05, 4.69) is 29.7 Å². The number of aryl methyl sites for hydroxylation is 1. The summed E-state index contributed by atoms with van der Waals surface area (Å²) in [7, 11) is 0. The van der Waals surface area contributed by atoms with E-state index >= 15 is 0 Å². The molecule has 4 nitrogen and oxygen atoms in total. The molecule has 2 N–H and O–H groups in total. The third kappa shape index (κ3) is 3.00. The first-order valence-corrected chi connectivity index (χ1v) is 7.47. The summed E-state index contributed by atoms with van der Waals surface area (Å²) in [4.78, 5) is 11.4. The van der Waals surface area contributed by atoms with E-state index < -0.39 is 0 Å². The van der Waals surface area contributed by atoms with Crippen LogP contribution in [0.2, 0.25) is 0 Å². The minimum atomic E-state index is 0.0582. The van der Waals surface area contributed by atoms with Crippen LogP contribution in [0.25, 0.3) is 0 Å². The van der Waals surface area contributed by atoms with E-state index in [9.17, 15) is 4.79 Å². The van der Waals surface area contributed by atoms with Crippen molar-refractivity contribution in [2.75, 3.05) is 11.9 Å². The zero-order chi connectivity index (χ0) is 14.7. The van der Waals surface area contributed by atoms with Gasteiger partial charge in [-0.05, 0) is 48.7 Å². The predicted octanol–water partition coefficient (Wildman–Crippen LogP) is 3.25. The lowest BCUT2D eigenvalue weighted by Crippen LogP contribution is -2.24. The number of nitrogens with one attached hydrogen (secondary N) is 2. The van der Waals surface area contributed by atoms with Crippen molar-refractivity contribution < 1.29 is 9.21 Å². The van der Waals surface area contributed by atoms with E-state index in [1.54, 1.807) is 6.26 Å². The predicted molar refractivity (Wildman–Crippen MR) is 82.2 cm³/mol. The molecule has 110 valence electrons. The summed E-state index contributed by atoms with van der Waals surface area (Å²) in [5.41, 5.74) is 3.30. The van der Waals surface area contributed by atoms with Gasteiger partial charge in [0.05, 0.1) is 12.3 Å². The molecule has 0 radical (unpaired) electrons. The van der Waals surface area contributed by atoms with Gasteiger partial charge in [-0.1, -0.05) is 19.1 Å². The molecule has 2 aromatic rings. The van der Waals surface area contributed by atoms with E-state index in [4.69, 9.17) is 4.42 Å². The Morgan fingerprint density at radius 1 is 1.33 bits per heavy atom. The molecule has 1 amide bonds. The van der Waals surface area contributed by atoms with Crippen molar-refractivity contribution in [3.63, 3.8) is 0 Å². The maximum Gasteiger partial charge on any atom is 0.224 e. The number of furan rings is 1. The van der Waals surface area contributed by atoms with Crippen LogP contribution in [-0.2, 0) is 11.2 Å². The molecule has 1 atom stereocenters. The number of benzene rings is 1. The highest BCUT2D eigenvalue weighted by molar-refractivity contribution is 5.93. The van der Waals surface area contributed by atoms with Crippen LogP contribution in [0.15, 0.2) is 41.0 Å². The van der Waals surface area contributed by atoms with E-state index in [0.29, 0.717) is 6.42 Å². The Kier molecular flexibility index (Phi) is 4.06. The third-order valence-corrected chi connectivity index (χ3v) is 3.78. The van der Waals surface area contributed by atoms with Gasteiger partial charge < -0.3 is 15.1 Å². The lowest BCUT2D eigenvalue weighted by atomic mass is 9.96. The van der Waals surface area contributed by atoms with Gasteiger partial charge in [0.15, 0.2) is 0 Å². The van der Waals surface area contributed by atoms with Crippen LogP contribution in [0.3, 0.4) is 0 Å². The molecule has 1 aliphatic heterocycles. The Labute approximate surface area is 124 Å². The number of anilines is 1. The zero-order valence-corrected chi connectivity index (χ0v) is 12.2. The van der Waals surface area contributed by atoms with Gasteiger partial charge in [0, 0.05) is 12.1 Å². The maximum atomic E-state index is 11.4. The molecule has 1 aliphatic rings. The molecule has 1 aromatic carbocycles. The lowest BCUT2D eigenvalue weighted by Gasteiger charge is -2.21. The molecular formula is C17H20N2O2. The maximum absolute atomic E-state index is 11.4. The van der Waals surface area contributed by atoms with Gasteiger partial charge in [-0.3, -0.25) is 4.79 Å². The SMILES string of the molecule is CCCNC(c1ccc2c(c1)CCC(=O)N2)c1ccco1. The second kappa shape index (κ2) is 6.14. The van der Waals surface area contributed by atoms with Crippen LogP contribution >= 0.6 is 0 Å². The van der Waals surface area contributed by atoms with E-state index in [-0.39, 0.29) is 11.9 Å². The number of carbonyl (C=O) groups is 1. The van der Waals surface area contributed by atoms with Crippen LogP contribution in [-0.4, -0.2) is 12.5 Å². The number of rotatable bonds is 5. The van der Waals surface area contributed by atoms with Gasteiger partial charge in [0.25, 0.3) is 0 Å².